The van der Waals surface area contributed by atoms with Crippen LogP contribution in [0.3, 0.4) is 0 Å². The van der Waals surface area contributed by atoms with Gasteiger partial charge in [0.15, 0.2) is 0 Å². The van der Waals surface area contributed by atoms with Crippen LogP contribution in [0.25, 0.3) is 0 Å². The van der Waals surface area contributed by atoms with Gasteiger partial charge in [0.05, 0.1) is 0 Å². The van der Waals surface area contributed by atoms with Gasteiger partial charge in [0.2, 0.25) is 5.91 Å². The Labute approximate surface area is 89.9 Å². The normalized spacial score (nSPS) is 17.5. The predicted octanol–water partition coefficient (Wildman–Crippen LogP) is 1.62. The number of amides is 1. The Kier molecular flexibility index (Phi) is 2.49. The molecule has 0 radical (unpaired) electrons. The number of rotatable bonds is 1. The van der Waals surface area contributed by atoms with E-state index in [4.69, 9.17) is 5.73 Å². The lowest BCUT2D eigenvalue weighted by Crippen LogP contribution is -2.31. The van der Waals surface area contributed by atoms with E-state index in [1.165, 1.54) is 5.56 Å². The minimum Gasteiger partial charge on any atom is -0.324 e. The Hall–Kier alpha value is -1.35. The zero-order valence-electron chi connectivity index (χ0n) is 9.16. The minimum absolute atomic E-state index is 0.0539. The van der Waals surface area contributed by atoms with E-state index in [9.17, 15) is 4.79 Å². The number of hydrogen-bond donors (Lipinski definition) is 1. The van der Waals surface area contributed by atoms with Crippen molar-refractivity contribution >= 4 is 11.6 Å². The third kappa shape index (κ3) is 1.75. The van der Waals surface area contributed by atoms with Gasteiger partial charge in [-0.2, -0.15) is 0 Å². The van der Waals surface area contributed by atoms with Crippen LogP contribution in [0, 0.1) is 0 Å². The summed E-state index contributed by atoms with van der Waals surface area (Å²) in [5, 5.41) is 0. The lowest BCUT2D eigenvalue weighted by molar-refractivity contribution is -0.118. The number of aryl methyl sites for hydroxylation is 1. The van der Waals surface area contributed by atoms with Crippen LogP contribution in [0.4, 0.5) is 5.69 Å². The van der Waals surface area contributed by atoms with E-state index >= 15 is 0 Å². The molecule has 3 nitrogen and oxygen atoms in total. The lowest BCUT2D eigenvalue weighted by atomic mass is 9.97. The first-order valence-electron chi connectivity index (χ1n) is 5.24. The third-order valence-electron chi connectivity index (χ3n) is 2.97. The molecule has 0 aromatic heterocycles. The largest absolute Gasteiger partial charge is 0.324 e. The summed E-state index contributed by atoms with van der Waals surface area (Å²) in [7, 11) is 1.83. The Morgan fingerprint density at radius 1 is 1.40 bits per heavy atom. The average Bonchev–Trinajstić information content (AvgIpc) is 2.23. The maximum Gasteiger partial charge on any atom is 0.227 e. The molecule has 15 heavy (non-hydrogen) atoms. The first-order chi connectivity index (χ1) is 7.09. The van der Waals surface area contributed by atoms with Crippen molar-refractivity contribution in [2.24, 2.45) is 5.73 Å². The fourth-order valence-corrected chi connectivity index (χ4v) is 1.96. The van der Waals surface area contributed by atoms with Gasteiger partial charge in [-0.1, -0.05) is 12.1 Å². The highest BCUT2D eigenvalue weighted by atomic mass is 16.2. The first kappa shape index (κ1) is 10.2. The van der Waals surface area contributed by atoms with Gasteiger partial charge in [-0.15, -0.1) is 0 Å². The molecule has 1 aliphatic heterocycles. The average molecular weight is 204 g/mol. The topological polar surface area (TPSA) is 46.3 Å². The van der Waals surface area contributed by atoms with E-state index in [1.54, 1.807) is 4.90 Å². The summed E-state index contributed by atoms with van der Waals surface area (Å²) in [5.41, 5.74) is 9.22. The molecular weight excluding hydrogens is 188 g/mol. The molecule has 1 aromatic carbocycles. The van der Waals surface area contributed by atoms with Gasteiger partial charge in [-0.3, -0.25) is 4.79 Å². The minimum atomic E-state index is 0.0539. The number of carbonyl (C=O) groups excluding carboxylic acids is 1. The highest BCUT2D eigenvalue weighted by Crippen LogP contribution is 2.28. The van der Waals surface area contributed by atoms with E-state index in [0.717, 1.165) is 17.7 Å². The molecule has 0 fully saturated rings. The highest BCUT2D eigenvalue weighted by molar-refractivity contribution is 5.95. The van der Waals surface area contributed by atoms with Crippen LogP contribution in [0.15, 0.2) is 18.2 Å². The van der Waals surface area contributed by atoms with Gasteiger partial charge in [0.25, 0.3) is 0 Å². The molecule has 1 amide bonds. The number of carbonyl (C=O) groups is 1. The van der Waals surface area contributed by atoms with Gasteiger partial charge in [-0.25, -0.2) is 0 Å². The monoisotopic (exact) mass is 204 g/mol. The second kappa shape index (κ2) is 3.66. The molecule has 0 saturated heterocycles. The van der Waals surface area contributed by atoms with Crippen LogP contribution in [-0.4, -0.2) is 13.0 Å². The quantitative estimate of drug-likeness (QED) is 0.755. The number of benzene rings is 1. The summed E-state index contributed by atoms with van der Waals surface area (Å²) in [6, 6.07) is 6.16. The van der Waals surface area contributed by atoms with Gasteiger partial charge < -0.3 is 10.6 Å². The summed E-state index contributed by atoms with van der Waals surface area (Å²) in [4.78, 5) is 13.2. The molecule has 2 N–H and O–H groups in total. The fraction of sp³-hybridized carbons (Fsp3) is 0.417. The molecule has 0 spiro atoms. The Bertz CT molecular complexity index is 399. The Morgan fingerprint density at radius 3 is 2.80 bits per heavy atom. The van der Waals surface area contributed by atoms with E-state index in [2.05, 4.69) is 6.07 Å². The zero-order valence-corrected chi connectivity index (χ0v) is 9.16. The van der Waals surface area contributed by atoms with Crippen LogP contribution < -0.4 is 10.6 Å². The van der Waals surface area contributed by atoms with Crippen molar-refractivity contribution in [1.82, 2.24) is 0 Å². The van der Waals surface area contributed by atoms with E-state index in [1.807, 2.05) is 26.1 Å². The number of nitrogens with zero attached hydrogens (tertiary/aromatic N) is 1. The molecule has 0 saturated carbocycles. The van der Waals surface area contributed by atoms with Crippen molar-refractivity contribution in [1.29, 1.82) is 0 Å². The zero-order chi connectivity index (χ0) is 11.0. The van der Waals surface area contributed by atoms with Gasteiger partial charge in [0, 0.05) is 25.2 Å². The summed E-state index contributed by atoms with van der Waals surface area (Å²) in [6.07, 6.45) is 1.44. The molecule has 1 atom stereocenters. The van der Waals surface area contributed by atoms with Crippen molar-refractivity contribution < 1.29 is 4.79 Å². The van der Waals surface area contributed by atoms with Crippen LogP contribution in [-0.2, 0) is 11.2 Å². The maximum absolute atomic E-state index is 11.5. The van der Waals surface area contributed by atoms with Gasteiger partial charge in [0.1, 0.15) is 0 Å². The predicted molar refractivity (Wildman–Crippen MR) is 60.8 cm³/mol. The fourth-order valence-electron chi connectivity index (χ4n) is 1.96. The SMILES string of the molecule is CC(N)c1ccc2c(c1)CCC(=O)N2C. The molecule has 1 aromatic rings. The lowest BCUT2D eigenvalue weighted by Gasteiger charge is -2.26. The number of anilines is 1. The molecule has 0 aliphatic carbocycles. The highest BCUT2D eigenvalue weighted by Gasteiger charge is 2.20. The van der Waals surface area contributed by atoms with E-state index in [0.29, 0.717) is 6.42 Å². The Morgan fingerprint density at radius 2 is 2.13 bits per heavy atom. The van der Waals surface area contributed by atoms with Crippen molar-refractivity contribution in [2.45, 2.75) is 25.8 Å². The molecule has 80 valence electrons. The van der Waals surface area contributed by atoms with E-state index in [-0.39, 0.29) is 11.9 Å². The number of fused-ring (bicyclic) bond motifs is 1. The molecule has 3 heteroatoms. The Balaban J connectivity index is 2.42. The molecule has 1 heterocycles. The van der Waals surface area contributed by atoms with Crippen LogP contribution in [0.1, 0.15) is 30.5 Å². The smallest absolute Gasteiger partial charge is 0.227 e. The van der Waals surface area contributed by atoms with E-state index < -0.39 is 0 Å². The number of hydrogen-bond acceptors (Lipinski definition) is 2. The van der Waals surface area contributed by atoms with Gasteiger partial charge in [-0.05, 0) is 30.5 Å². The number of nitrogens with two attached hydrogens (primary N) is 1. The summed E-state index contributed by atoms with van der Waals surface area (Å²) in [6.45, 7) is 1.97. The summed E-state index contributed by atoms with van der Waals surface area (Å²) in [5.74, 6) is 0.191. The molecule has 1 aliphatic rings. The van der Waals surface area contributed by atoms with Crippen molar-refractivity contribution in [3.05, 3.63) is 29.3 Å². The second-order valence-corrected chi connectivity index (χ2v) is 4.13. The van der Waals surface area contributed by atoms with Crippen LogP contribution in [0.2, 0.25) is 0 Å². The standard InChI is InChI=1S/C12H16N2O/c1-8(13)9-3-5-11-10(7-9)4-6-12(15)14(11)2/h3,5,7-8H,4,6,13H2,1-2H3. The maximum atomic E-state index is 11.5. The molecule has 1 unspecified atom stereocenters. The van der Waals surface area contributed by atoms with Crippen LogP contribution in [0.5, 0.6) is 0 Å². The third-order valence-corrected chi connectivity index (χ3v) is 2.97. The van der Waals surface area contributed by atoms with Crippen molar-refractivity contribution in [3.8, 4) is 0 Å². The molecular formula is C12H16N2O. The second-order valence-electron chi connectivity index (χ2n) is 4.13. The van der Waals surface area contributed by atoms with Crippen molar-refractivity contribution in [2.75, 3.05) is 11.9 Å². The molecule has 2 rings (SSSR count). The summed E-state index contributed by atoms with van der Waals surface area (Å²) < 4.78 is 0. The summed E-state index contributed by atoms with van der Waals surface area (Å²) >= 11 is 0. The van der Waals surface area contributed by atoms with Crippen molar-refractivity contribution in [3.63, 3.8) is 0 Å². The van der Waals surface area contributed by atoms with Crippen LogP contribution >= 0.6 is 0 Å². The molecule has 0 bridgehead atoms. The van der Waals surface area contributed by atoms with Gasteiger partial charge >= 0.3 is 0 Å². The first-order valence-corrected chi connectivity index (χ1v) is 5.24.